The molecule has 0 fully saturated rings. The molecular formula is C13H21NO2. The fraction of sp³-hybridized carbons (Fsp3) is 0.538. The van der Waals surface area contributed by atoms with Gasteiger partial charge in [0.1, 0.15) is 0 Å². The van der Waals surface area contributed by atoms with Crippen LogP contribution >= 0.6 is 0 Å². The lowest BCUT2D eigenvalue weighted by Gasteiger charge is -2.23. The van der Waals surface area contributed by atoms with Gasteiger partial charge in [-0.2, -0.15) is 0 Å². The van der Waals surface area contributed by atoms with Crippen molar-refractivity contribution in [1.82, 2.24) is 4.90 Å². The van der Waals surface area contributed by atoms with Crippen molar-refractivity contribution < 1.29 is 9.84 Å². The molecule has 1 N–H and O–H groups in total. The van der Waals surface area contributed by atoms with Gasteiger partial charge < -0.3 is 9.84 Å². The Kier molecular flexibility index (Phi) is 6.08. The molecule has 1 aromatic carbocycles. The predicted molar refractivity (Wildman–Crippen MR) is 65.3 cm³/mol. The molecular weight excluding hydrogens is 202 g/mol. The first-order valence-electron chi connectivity index (χ1n) is 5.65. The van der Waals surface area contributed by atoms with Gasteiger partial charge in [0.15, 0.2) is 0 Å². The Balaban J connectivity index is 2.49. The molecule has 0 aliphatic heterocycles. The Morgan fingerprint density at radius 1 is 1.31 bits per heavy atom. The summed E-state index contributed by atoms with van der Waals surface area (Å²) in [7, 11) is 1.70. The molecule has 16 heavy (non-hydrogen) atoms. The molecule has 1 aromatic rings. The van der Waals surface area contributed by atoms with Crippen LogP contribution in [0, 0.1) is 0 Å². The third kappa shape index (κ3) is 5.26. The predicted octanol–water partition coefficient (Wildman–Crippen LogP) is 1.52. The third-order valence-electron chi connectivity index (χ3n) is 2.38. The fourth-order valence-corrected chi connectivity index (χ4v) is 1.67. The largest absolute Gasteiger partial charge is 0.392 e. The van der Waals surface area contributed by atoms with Gasteiger partial charge in [-0.3, -0.25) is 4.90 Å². The first kappa shape index (κ1) is 13.2. The molecule has 1 atom stereocenters. The van der Waals surface area contributed by atoms with Gasteiger partial charge in [0.2, 0.25) is 0 Å². The van der Waals surface area contributed by atoms with Gasteiger partial charge in [0.05, 0.1) is 12.7 Å². The van der Waals surface area contributed by atoms with E-state index in [1.54, 1.807) is 7.11 Å². The zero-order valence-corrected chi connectivity index (χ0v) is 10.1. The second-order valence-electron chi connectivity index (χ2n) is 4.06. The van der Waals surface area contributed by atoms with E-state index in [-0.39, 0.29) is 6.10 Å². The van der Waals surface area contributed by atoms with E-state index in [4.69, 9.17) is 4.74 Å². The second kappa shape index (κ2) is 7.39. The van der Waals surface area contributed by atoms with Crippen LogP contribution < -0.4 is 0 Å². The van der Waals surface area contributed by atoms with Crippen LogP contribution in [0.5, 0.6) is 0 Å². The van der Waals surface area contributed by atoms with Crippen LogP contribution in [0.25, 0.3) is 0 Å². The van der Waals surface area contributed by atoms with Gasteiger partial charge in [0.25, 0.3) is 0 Å². The summed E-state index contributed by atoms with van der Waals surface area (Å²) in [4.78, 5) is 2.20. The highest BCUT2D eigenvalue weighted by Crippen LogP contribution is 2.04. The number of hydrogen-bond donors (Lipinski definition) is 1. The molecule has 1 rings (SSSR count). The van der Waals surface area contributed by atoms with Gasteiger partial charge in [-0.05, 0) is 12.5 Å². The van der Waals surface area contributed by atoms with Crippen LogP contribution in [-0.2, 0) is 11.3 Å². The molecule has 3 heteroatoms. The lowest BCUT2D eigenvalue weighted by Crippen LogP contribution is -2.33. The fourth-order valence-electron chi connectivity index (χ4n) is 1.67. The molecule has 0 aliphatic carbocycles. The number of methoxy groups -OCH3 is 1. The molecule has 3 nitrogen and oxygen atoms in total. The SMILES string of the molecule is COCCN(Cc1ccccc1)CC(C)O. The summed E-state index contributed by atoms with van der Waals surface area (Å²) < 4.78 is 5.07. The van der Waals surface area contributed by atoms with Crippen LogP contribution in [-0.4, -0.2) is 42.9 Å². The van der Waals surface area contributed by atoms with Crippen molar-refractivity contribution in [3.05, 3.63) is 35.9 Å². The number of aliphatic hydroxyl groups excluding tert-OH is 1. The summed E-state index contributed by atoms with van der Waals surface area (Å²) >= 11 is 0. The minimum atomic E-state index is -0.305. The number of ether oxygens (including phenoxy) is 1. The van der Waals surface area contributed by atoms with E-state index in [9.17, 15) is 5.11 Å². The van der Waals surface area contributed by atoms with E-state index in [2.05, 4.69) is 17.0 Å². The molecule has 0 bridgehead atoms. The molecule has 0 saturated carbocycles. The number of hydrogen-bond acceptors (Lipinski definition) is 3. The van der Waals surface area contributed by atoms with Crippen molar-refractivity contribution in [2.75, 3.05) is 26.8 Å². The zero-order valence-electron chi connectivity index (χ0n) is 10.1. The maximum absolute atomic E-state index is 9.42. The Labute approximate surface area is 97.7 Å². The van der Waals surface area contributed by atoms with Crippen LogP contribution in [0.1, 0.15) is 12.5 Å². The third-order valence-corrected chi connectivity index (χ3v) is 2.38. The van der Waals surface area contributed by atoms with Gasteiger partial charge in [-0.25, -0.2) is 0 Å². The lowest BCUT2D eigenvalue weighted by atomic mass is 10.2. The summed E-state index contributed by atoms with van der Waals surface area (Å²) in [6.07, 6.45) is -0.305. The summed E-state index contributed by atoms with van der Waals surface area (Å²) in [6.45, 7) is 4.88. The van der Waals surface area contributed by atoms with Gasteiger partial charge in [-0.15, -0.1) is 0 Å². The number of nitrogens with zero attached hydrogens (tertiary/aromatic N) is 1. The summed E-state index contributed by atoms with van der Waals surface area (Å²) in [5, 5.41) is 9.42. The highest BCUT2D eigenvalue weighted by molar-refractivity contribution is 5.14. The highest BCUT2D eigenvalue weighted by Gasteiger charge is 2.08. The Hall–Kier alpha value is -0.900. The van der Waals surface area contributed by atoms with Gasteiger partial charge in [0, 0.05) is 26.7 Å². The maximum atomic E-state index is 9.42. The minimum absolute atomic E-state index is 0.305. The first-order valence-corrected chi connectivity index (χ1v) is 5.65. The molecule has 0 aliphatic rings. The smallest absolute Gasteiger partial charge is 0.0639 e. The minimum Gasteiger partial charge on any atom is -0.392 e. The van der Waals surface area contributed by atoms with E-state index in [1.807, 2.05) is 25.1 Å². The Bertz CT molecular complexity index is 275. The van der Waals surface area contributed by atoms with E-state index in [0.29, 0.717) is 13.2 Å². The zero-order chi connectivity index (χ0) is 11.8. The molecule has 0 radical (unpaired) electrons. The van der Waals surface area contributed by atoms with Crippen LogP contribution in [0.3, 0.4) is 0 Å². The molecule has 0 aromatic heterocycles. The number of benzene rings is 1. The quantitative estimate of drug-likeness (QED) is 0.760. The normalized spacial score (nSPS) is 13.0. The Morgan fingerprint density at radius 3 is 2.56 bits per heavy atom. The van der Waals surface area contributed by atoms with Crippen molar-refractivity contribution in [1.29, 1.82) is 0 Å². The van der Waals surface area contributed by atoms with Crippen molar-refractivity contribution >= 4 is 0 Å². The topological polar surface area (TPSA) is 32.7 Å². The Morgan fingerprint density at radius 2 is 2.00 bits per heavy atom. The van der Waals surface area contributed by atoms with Gasteiger partial charge >= 0.3 is 0 Å². The van der Waals surface area contributed by atoms with Gasteiger partial charge in [-0.1, -0.05) is 30.3 Å². The summed E-state index contributed by atoms with van der Waals surface area (Å²) in [5.41, 5.74) is 1.26. The maximum Gasteiger partial charge on any atom is 0.0639 e. The van der Waals surface area contributed by atoms with Crippen LogP contribution in [0.15, 0.2) is 30.3 Å². The standard InChI is InChI=1S/C13H21NO2/c1-12(15)10-14(8-9-16-2)11-13-6-4-3-5-7-13/h3-7,12,15H,8-11H2,1-2H3. The van der Waals surface area contributed by atoms with Crippen molar-refractivity contribution in [3.8, 4) is 0 Å². The monoisotopic (exact) mass is 223 g/mol. The molecule has 0 amide bonds. The van der Waals surface area contributed by atoms with Crippen molar-refractivity contribution in [2.24, 2.45) is 0 Å². The average molecular weight is 223 g/mol. The summed E-state index contributed by atoms with van der Waals surface area (Å²) in [5.74, 6) is 0. The first-order chi connectivity index (χ1) is 7.72. The van der Waals surface area contributed by atoms with Crippen LogP contribution in [0.4, 0.5) is 0 Å². The molecule has 0 saturated heterocycles. The van der Waals surface area contributed by atoms with E-state index in [1.165, 1.54) is 5.56 Å². The molecule has 90 valence electrons. The summed E-state index contributed by atoms with van der Waals surface area (Å²) in [6, 6.07) is 10.3. The lowest BCUT2D eigenvalue weighted by molar-refractivity contribution is 0.0940. The molecule has 0 heterocycles. The second-order valence-corrected chi connectivity index (χ2v) is 4.06. The van der Waals surface area contributed by atoms with Crippen molar-refractivity contribution in [3.63, 3.8) is 0 Å². The van der Waals surface area contributed by atoms with E-state index < -0.39 is 0 Å². The number of rotatable bonds is 7. The number of aliphatic hydroxyl groups is 1. The van der Waals surface area contributed by atoms with Crippen molar-refractivity contribution in [2.45, 2.75) is 19.6 Å². The van der Waals surface area contributed by atoms with E-state index >= 15 is 0 Å². The molecule has 0 spiro atoms. The molecule has 1 unspecified atom stereocenters. The average Bonchev–Trinajstić information content (AvgIpc) is 2.26. The highest BCUT2D eigenvalue weighted by atomic mass is 16.5. The van der Waals surface area contributed by atoms with Crippen LogP contribution in [0.2, 0.25) is 0 Å². The van der Waals surface area contributed by atoms with E-state index in [0.717, 1.165) is 13.1 Å².